The first-order chi connectivity index (χ1) is 12.6. The lowest BCUT2D eigenvalue weighted by Gasteiger charge is -2.15. The third-order valence-corrected chi connectivity index (χ3v) is 4.10. The average molecular weight is 482 g/mol. The first kappa shape index (κ1) is 23.1. The normalized spacial score (nSPS) is 10.7. The van der Waals surface area contributed by atoms with E-state index in [4.69, 9.17) is 4.74 Å². The van der Waals surface area contributed by atoms with Gasteiger partial charge in [0.05, 0.1) is 6.61 Å². The highest BCUT2D eigenvalue weighted by molar-refractivity contribution is 14.0. The summed E-state index contributed by atoms with van der Waals surface area (Å²) < 4.78 is 5.66. The molecule has 5 nitrogen and oxygen atoms in total. The van der Waals surface area contributed by atoms with Gasteiger partial charge in [0.25, 0.3) is 0 Å². The Labute approximate surface area is 180 Å². The topological polar surface area (TPSA) is 48.9 Å². The first-order valence-corrected chi connectivity index (χ1v) is 9.05. The van der Waals surface area contributed by atoms with Crippen molar-refractivity contribution in [3.05, 3.63) is 59.7 Å². The van der Waals surface area contributed by atoms with Crippen LogP contribution in [0.1, 0.15) is 18.1 Å². The Morgan fingerprint density at radius 2 is 1.74 bits per heavy atom. The highest BCUT2D eigenvalue weighted by Crippen LogP contribution is 2.17. The summed E-state index contributed by atoms with van der Waals surface area (Å²) in [4.78, 5) is 6.40. The summed E-state index contributed by atoms with van der Waals surface area (Å²) in [6.45, 7) is 4.16. The van der Waals surface area contributed by atoms with Gasteiger partial charge < -0.3 is 20.3 Å². The van der Waals surface area contributed by atoms with E-state index < -0.39 is 0 Å². The lowest BCUT2D eigenvalue weighted by molar-refractivity contribution is 0.336. The van der Waals surface area contributed by atoms with E-state index in [2.05, 4.69) is 65.0 Å². The Balaban J connectivity index is 0.00000364. The van der Waals surface area contributed by atoms with E-state index in [0.717, 1.165) is 30.2 Å². The number of nitrogens with zero attached hydrogens (tertiary/aromatic N) is 2. The SMILES string of the molecule is CCOc1ccccc1CNC(=NC)NCCc1ccc(N(C)C)cc1.I. The van der Waals surface area contributed by atoms with Gasteiger partial charge in [0, 0.05) is 45.5 Å². The number of hydrogen-bond donors (Lipinski definition) is 2. The van der Waals surface area contributed by atoms with Gasteiger partial charge >= 0.3 is 0 Å². The number of ether oxygens (including phenoxy) is 1. The van der Waals surface area contributed by atoms with E-state index in [0.29, 0.717) is 13.2 Å². The standard InChI is InChI=1S/C21H30N4O.HI/c1-5-26-20-9-7-6-8-18(20)16-24-21(22-2)23-15-14-17-10-12-19(13-11-17)25(3)4;/h6-13H,5,14-16H2,1-4H3,(H2,22,23,24);1H. The van der Waals surface area contributed by atoms with Gasteiger partial charge in [0.15, 0.2) is 5.96 Å². The van der Waals surface area contributed by atoms with Crippen LogP contribution in [0.5, 0.6) is 5.75 Å². The molecule has 0 heterocycles. The molecule has 0 aliphatic rings. The van der Waals surface area contributed by atoms with Crippen molar-refractivity contribution in [2.75, 3.05) is 39.2 Å². The molecule has 0 bridgehead atoms. The first-order valence-electron chi connectivity index (χ1n) is 9.05. The fourth-order valence-corrected chi connectivity index (χ4v) is 2.63. The van der Waals surface area contributed by atoms with Crippen molar-refractivity contribution in [2.24, 2.45) is 4.99 Å². The van der Waals surface area contributed by atoms with Crippen molar-refractivity contribution >= 4 is 35.6 Å². The van der Waals surface area contributed by atoms with Gasteiger partial charge in [0.2, 0.25) is 0 Å². The Morgan fingerprint density at radius 1 is 1.04 bits per heavy atom. The maximum atomic E-state index is 5.66. The molecule has 0 aromatic heterocycles. The fourth-order valence-electron chi connectivity index (χ4n) is 2.63. The van der Waals surface area contributed by atoms with E-state index in [9.17, 15) is 0 Å². The van der Waals surface area contributed by atoms with Gasteiger partial charge in [-0.3, -0.25) is 4.99 Å². The van der Waals surface area contributed by atoms with Crippen molar-refractivity contribution in [3.8, 4) is 5.75 Å². The smallest absolute Gasteiger partial charge is 0.191 e. The zero-order valence-electron chi connectivity index (χ0n) is 16.7. The molecule has 2 aromatic rings. The van der Waals surface area contributed by atoms with E-state index >= 15 is 0 Å². The molecule has 2 N–H and O–H groups in total. The van der Waals surface area contributed by atoms with Crippen LogP contribution in [-0.2, 0) is 13.0 Å². The van der Waals surface area contributed by atoms with Crippen molar-refractivity contribution < 1.29 is 4.74 Å². The molecule has 0 unspecified atom stereocenters. The second-order valence-corrected chi connectivity index (χ2v) is 6.20. The molecule has 0 saturated heterocycles. The number of halogens is 1. The molecule has 2 rings (SSSR count). The summed E-state index contributed by atoms with van der Waals surface area (Å²) in [5.41, 5.74) is 3.64. The second kappa shape index (κ2) is 12.4. The number of rotatable bonds is 8. The number of aliphatic imine (C=N–C) groups is 1. The molecular formula is C21H31IN4O. The predicted octanol–water partition coefficient (Wildman–Crippen LogP) is 3.68. The molecule has 148 valence electrons. The van der Waals surface area contributed by atoms with Crippen molar-refractivity contribution in [3.63, 3.8) is 0 Å². The lowest BCUT2D eigenvalue weighted by atomic mass is 10.1. The molecule has 27 heavy (non-hydrogen) atoms. The summed E-state index contributed by atoms with van der Waals surface area (Å²) in [6.07, 6.45) is 0.948. The van der Waals surface area contributed by atoms with Crippen LogP contribution in [0.25, 0.3) is 0 Å². The third kappa shape index (κ3) is 7.66. The lowest BCUT2D eigenvalue weighted by Crippen LogP contribution is -2.37. The van der Waals surface area contributed by atoms with Crippen LogP contribution < -0.4 is 20.3 Å². The van der Waals surface area contributed by atoms with E-state index in [1.807, 2.05) is 25.1 Å². The van der Waals surface area contributed by atoms with Gasteiger partial charge in [-0.1, -0.05) is 30.3 Å². The van der Waals surface area contributed by atoms with Crippen LogP contribution in [-0.4, -0.2) is 40.3 Å². The number of nitrogens with one attached hydrogen (secondary N) is 2. The quantitative estimate of drug-likeness (QED) is 0.343. The molecule has 0 aliphatic heterocycles. The average Bonchev–Trinajstić information content (AvgIpc) is 2.66. The van der Waals surface area contributed by atoms with Gasteiger partial charge in [-0.2, -0.15) is 0 Å². The fraction of sp³-hybridized carbons (Fsp3) is 0.381. The molecule has 6 heteroatoms. The summed E-state index contributed by atoms with van der Waals surface area (Å²) >= 11 is 0. The maximum Gasteiger partial charge on any atom is 0.191 e. The number of hydrogen-bond acceptors (Lipinski definition) is 3. The minimum Gasteiger partial charge on any atom is -0.494 e. The zero-order valence-corrected chi connectivity index (χ0v) is 19.0. The molecule has 0 radical (unpaired) electrons. The molecular weight excluding hydrogens is 451 g/mol. The Kier molecular flexibility index (Phi) is 10.6. The van der Waals surface area contributed by atoms with Crippen LogP contribution in [0.4, 0.5) is 5.69 Å². The third-order valence-electron chi connectivity index (χ3n) is 4.10. The van der Waals surface area contributed by atoms with Crippen LogP contribution >= 0.6 is 24.0 Å². The highest BCUT2D eigenvalue weighted by Gasteiger charge is 2.04. The van der Waals surface area contributed by atoms with Crippen molar-refractivity contribution in [1.29, 1.82) is 0 Å². The largest absolute Gasteiger partial charge is 0.494 e. The van der Waals surface area contributed by atoms with Gasteiger partial charge in [0.1, 0.15) is 5.75 Å². The Hall–Kier alpha value is -1.96. The number of para-hydroxylation sites is 1. The van der Waals surface area contributed by atoms with Crippen molar-refractivity contribution in [2.45, 2.75) is 19.9 Å². The van der Waals surface area contributed by atoms with Crippen molar-refractivity contribution in [1.82, 2.24) is 10.6 Å². The van der Waals surface area contributed by atoms with E-state index in [1.54, 1.807) is 7.05 Å². The van der Waals surface area contributed by atoms with E-state index in [-0.39, 0.29) is 24.0 Å². The maximum absolute atomic E-state index is 5.66. The molecule has 0 spiro atoms. The number of guanidine groups is 1. The van der Waals surface area contributed by atoms with Gasteiger partial charge in [-0.15, -0.1) is 24.0 Å². The minimum atomic E-state index is 0. The second-order valence-electron chi connectivity index (χ2n) is 6.20. The summed E-state index contributed by atoms with van der Waals surface area (Å²) in [7, 11) is 5.89. The van der Waals surface area contributed by atoms with Crippen LogP contribution in [0, 0.1) is 0 Å². The molecule has 0 atom stereocenters. The zero-order chi connectivity index (χ0) is 18.8. The Bertz CT molecular complexity index is 702. The molecule has 0 saturated carbocycles. The summed E-state index contributed by atoms with van der Waals surface area (Å²) in [5.74, 6) is 1.71. The number of benzene rings is 2. The van der Waals surface area contributed by atoms with Gasteiger partial charge in [-0.05, 0) is 37.1 Å². The summed E-state index contributed by atoms with van der Waals surface area (Å²) in [5, 5.41) is 6.71. The molecule has 2 aromatic carbocycles. The minimum absolute atomic E-state index is 0. The Morgan fingerprint density at radius 3 is 2.37 bits per heavy atom. The predicted molar refractivity (Wildman–Crippen MR) is 126 cm³/mol. The molecule has 0 amide bonds. The summed E-state index contributed by atoms with van der Waals surface area (Å²) in [6, 6.07) is 16.7. The van der Waals surface area contributed by atoms with Crippen LogP contribution in [0.15, 0.2) is 53.5 Å². The van der Waals surface area contributed by atoms with E-state index in [1.165, 1.54) is 11.3 Å². The van der Waals surface area contributed by atoms with Crippen LogP contribution in [0.3, 0.4) is 0 Å². The highest BCUT2D eigenvalue weighted by atomic mass is 127. The number of anilines is 1. The van der Waals surface area contributed by atoms with Gasteiger partial charge in [-0.25, -0.2) is 0 Å². The molecule has 0 aliphatic carbocycles. The monoisotopic (exact) mass is 482 g/mol. The van der Waals surface area contributed by atoms with Crippen LogP contribution in [0.2, 0.25) is 0 Å². The molecule has 0 fully saturated rings.